The maximum absolute atomic E-state index is 9.67. The third-order valence-corrected chi connectivity index (χ3v) is 0.790. The zero-order valence-electron chi connectivity index (χ0n) is 4.16. The fraction of sp³-hybridized carbons (Fsp3) is 0. The molecule has 0 spiro atoms. The van der Waals surface area contributed by atoms with Crippen LogP contribution in [0.2, 0.25) is 0 Å². The van der Waals surface area contributed by atoms with Crippen LogP contribution >= 0.6 is 7.37 Å². The standard InChI is InChI=1S/C2HN2O2P.Li/c3-1-7(5,6)2-4;/h(H,5,6);/q;+1/p-1. The predicted octanol–water partition coefficient (Wildman–Crippen LogP) is -3.41. The molecule has 0 saturated heterocycles. The topological polar surface area (TPSA) is 87.7 Å². The molecule has 6 heteroatoms. The van der Waals surface area contributed by atoms with Gasteiger partial charge in [-0.1, -0.05) is 0 Å². The summed E-state index contributed by atoms with van der Waals surface area (Å²) in [4.78, 5) is 9.67. The molecule has 0 saturated carbocycles. The van der Waals surface area contributed by atoms with E-state index in [9.17, 15) is 9.46 Å². The van der Waals surface area contributed by atoms with Gasteiger partial charge in [0.2, 0.25) is 7.37 Å². The zero-order valence-corrected chi connectivity index (χ0v) is 5.05. The van der Waals surface area contributed by atoms with Gasteiger partial charge in [-0.3, -0.25) is 0 Å². The van der Waals surface area contributed by atoms with E-state index < -0.39 is 7.37 Å². The van der Waals surface area contributed by atoms with Crippen LogP contribution in [0.4, 0.5) is 0 Å². The second-order valence-electron chi connectivity index (χ2n) is 0.751. The van der Waals surface area contributed by atoms with Crippen molar-refractivity contribution in [2.75, 3.05) is 0 Å². The Morgan fingerprint density at radius 1 is 1.38 bits per heavy atom. The van der Waals surface area contributed by atoms with Crippen molar-refractivity contribution in [1.82, 2.24) is 0 Å². The molecule has 0 aliphatic heterocycles. The third-order valence-electron chi connectivity index (χ3n) is 0.263. The van der Waals surface area contributed by atoms with E-state index in [2.05, 4.69) is 0 Å². The quantitative estimate of drug-likeness (QED) is 0.247. The first kappa shape index (κ1) is 10.7. The van der Waals surface area contributed by atoms with Crippen LogP contribution in [0.1, 0.15) is 0 Å². The molecule has 0 unspecified atom stereocenters. The van der Waals surface area contributed by atoms with Gasteiger partial charge in [0.25, 0.3) is 0 Å². The Balaban J connectivity index is 0. The van der Waals surface area contributed by atoms with Crippen molar-refractivity contribution in [3.8, 4) is 11.6 Å². The second kappa shape index (κ2) is 3.73. The van der Waals surface area contributed by atoms with Gasteiger partial charge in [-0.05, 0) is 0 Å². The molecule has 0 atom stereocenters. The van der Waals surface area contributed by atoms with Crippen LogP contribution < -0.4 is 23.8 Å². The average Bonchev–Trinajstić information content (AvgIpc) is 1.68. The van der Waals surface area contributed by atoms with Crippen LogP contribution in [0.15, 0.2) is 0 Å². The Bertz CT molecular complexity index is 171. The van der Waals surface area contributed by atoms with Crippen LogP contribution in [-0.2, 0) is 4.57 Å². The minimum absolute atomic E-state index is 0. The fourth-order valence-electron chi connectivity index (χ4n) is 0.0224. The van der Waals surface area contributed by atoms with Gasteiger partial charge in [0.15, 0.2) is 0 Å². The van der Waals surface area contributed by atoms with E-state index in [1.807, 2.05) is 0 Å². The van der Waals surface area contributed by atoms with Crippen molar-refractivity contribution in [3.05, 3.63) is 0 Å². The Hall–Kier alpha value is -0.233. The first-order chi connectivity index (χ1) is 3.12. The molecule has 0 fully saturated rings. The van der Waals surface area contributed by atoms with Gasteiger partial charge in [0.1, 0.15) is 11.6 Å². The smallest absolute Gasteiger partial charge is 0.778 e. The van der Waals surface area contributed by atoms with Gasteiger partial charge in [-0.2, -0.15) is 10.5 Å². The van der Waals surface area contributed by atoms with Gasteiger partial charge < -0.3 is 9.46 Å². The molecule has 0 aromatic heterocycles. The summed E-state index contributed by atoms with van der Waals surface area (Å²) in [6.07, 6.45) is 0. The second-order valence-corrected chi connectivity index (χ2v) is 2.25. The van der Waals surface area contributed by atoms with Crippen molar-refractivity contribution in [2.24, 2.45) is 0 Å². The molecule has 0 aromatic carbocycles. The van der Waals surface area contributed by atoms with Crippen molar-refractivity contribution < 1.29 is 28.3 Å². The summed E-state index contributed by atoms with van der Waals surface area (Å²) in [7, 11) is -4.29. The maximum atomic E-state index is 9.67. The van der Waals surface area contributed by atoms with Gasteiger partial charge in [-0.25, -0.2) is 0 Å². The van der Waals surface area contributed by atoms with Crippen molar-refractivity contribution in [1.29, 1.82) is 10.5 Å². The van der Waals surface area contributed by atoms with Gasteiger partial charge in [0, 0.05) is 0 Å². The summed E-state index contributed by atoms with van der Waals surface area (Å²) >= 11 is 0. The predicted molar refractivity (Wildman–Crippen MR) is 18.8 cm³/mol. The first-order valence-corrected chi connectivity index (χ1v) is 2.88. The van der Waals surface area contributed by atoms with E-state index in [0.717, 1.165) is 11.6 Å². The summed E-state index contributed by atoms with van der Waals surface area (Å²) in [6, 6.07) is 0. The van der Waals surface area contributed by atoms with Crippen molar-refractivity contribution in [2.45, 2.75) is 0 Å². The van der Waals surface area contributed by atoms with Crippen molar-refractivity contribution in [3.63, 3.8) is 0 Å². The number of nitrogens with zero attached hydrogens (tertiary/aromatic N) is 2. The maximum Gasteiger partial charge on any atom is 1.00 e. The number of rotatable bonds is 0. The summed E-state index contributed by atoms with van der Waals surface area (Å²) in [5, 5.41) is 15.1. The summed E-state index contributed by atoms with van der Waals surface area (Å²) in [5.41, 5.74) is 0. The van der Waals surface area contributed by atoms with Crippen LogP contribution in [0.25, 0.3) is 0 Å². The fourth-order valence-corrected chi connectivity index (χ4v) is 0.0671. The SMILES string of the molecule is N#CP(=O)([O-])C#N.[Li+]. The number of nitriles is 2. The van der Waals surface area contributed by atoms with E-state index in [1.54, 1.807) is 0 Å². The first-order valence-electron chi connectivity index (χ1n) is 1.26. The number of hydrogen-bond donors (Lipinski definition) is 0. The Morgan fingerprint density at radius 2 is 1.62 bits per heavy atom. The molecule has 0 aromatic rings. The van der Waals surface area contributed by atoms with Crippen LogP contribution in [0.5, 0.6) is 0 Å². The molecule has 0 radical (unpaired) electrons. The summed E-state index contributed by atoms with van der Waals surface area (Å²) < 4.78 is 9.67. The molecule has 0 aliphatic carbocycles. The van der Waals surface area contributed by atoms with Crippen LogP contribution in [0.3, 0.4) is 0 Å². The average molecular weight is 122 g/mol. The van der Waals surface area contributed by atoms with E-state index in [4.69, 9.17) is 10.5 Å². The van der Waals surface area contributed by atoms with Crippen molar-refractivity contribution >= 4 is 7.37 Å². The molecular weight excluding hydrogens is 122 g/mol. The van der Waals surface area contributed by atoms with Crippen LogP contribution in [0, 0.1) is 22.1 Å². The molecule has 36 valence electrons. The molecule has 8 heavy (non-hydrogen) atoms. The van der Waals surface area contributed by atoms with E-state index in [1.165, 1.54) is 0 Å². The third kappa shape index (κ3) is 3.94. The molecule has 0 heterocycles. The van der Waals surface area contributed by atoms with Gasteiger partial charge in [0.05, 0.1) is 0 Å². The molecule has 0 amide bonds. The Kier molecular flexibility index (Phi) is 4.99. The Labute approximate surface area is 58.4 Å². The molecule has 0 N–H and O–H groups in total. The van der Waals surface area contributed by atoms with E-state index in [-0.39, 0.29) is 18.9 Å². The van der Waals surface area contributed by atoms with Crippen LogP contribution in [-0.4, -0.2) is 0 Å². The monoisotopic (exact) mass is 122 g/mol. The zero-order chi connectivity index (χ0) is 5.91. The van der Waals surface area contributed by atoms with E-state index >= 15 is 0 Å². The number of hydrogen-bond acceptors (Lipinski definition) is 4. The summed E-state index contributed by atoms with van der Waals surface area (Å²) in [5.74, 6) is 1.66. The van der Waals surface area contributed by atoms with Gasteiger partial charge >= 0.3 is 18.9 Å². The minimum Gasteiger partial charge on any atom is -0.778 e. The molecule has 0 rings (SSSR count). The largest absolute Gasteiger partial charge is 1.00 e. The molecule has 4 nitrogen and oxygen atoms in total. The minimum atomic E-state index is -4.29. The molecular formula is C2LiN2O2P. The van der Waals surface area contributed by atoms with E-state index in [0.29, 0.717) is 0 Å². The Morgan fingerprint density at radius 3 is 1.62 bits per heavy atom. The summed E-state index contributed by atoms with van der Waals surface area (Å²) in [6.45, 7) is 0. The molecule has 0 aliphatic rings. The van der Waals surface area contributed by atoms with Gasteiger partial charge in [-0.15, -0.1) is 0 Å². The molecule has 0 bridgehead atoms. The normalized spacial score (nSPS) is 7.88.